The lowest BCUT2D eigenvalue weighted by Gasteiger charge is -1.97. The average Bonchev–Trinajstić information content (AvgIpc) is 3.10. The number of ether oxygens (including phenoxy) is 1. The highest BCUT2D eigenvalue weighted by Crippen LogP contribution is 2.34. The van der Waals surface area contributed by atoms with Crippen molar-refractivity contribution < 1.29 is 9.53 Å². The molecule has 0 saturated heterocycles. The van der Waals surface area contributed by atoms with Crippen LogP contribution in [0.2, 0.25) is 0 Å². The van der Waals surface area contributed by atoms with Crippen LogP contribution >= 0.6 is 11.3 Å². The third-order valence-corrected chi connectivity index (χ3v) is 4.26. The van der Waals surface area contributed by atoms with Crippen molar-refractivity contribution in [3.05, 3.63) is 42.5 Å². The molecule has 0 bridgehead atoms. The molecule has 4 rings (SSSR count). The minimum atomic E-state index is 0.415. The number of H-pyrrole nitrogens is 1. The van der Waals surface area contributed by atoms with Gasteiger partial charge in [-0.15, -0.1) is 11.3 Å². The van der Waals surface area contributed by atoms with E-state index in [1.165, 1.54) is 0 Å². The molecule has 0 fully saturated rings. The van der Waals surface area contributed by atoms with Gasteiger partial charge in [-0.3, -0.25) is 9.89 Å². The third kappa shape index (κ3) is 1.96. The summed E-state index contributed by atoms with van der Waals surface area (Å²) < 4.78 is 6.01. The van der Waals surface area contributed by atoms with Gasteiger partial charge in [-0.25, -0.2) is 4.98 Å². The molecule has 0 aliphatic carbocycles. The van der Waals surface area contributed by atoms with Crippen LogP contribution in [0.3, 0.4) is 0 Å². The number of thiazole rings is 1. The zero-order valence-corrected chi connectivity index (χ0v) is 11.6. The molecule has 0 spiro atoms. The Kier molecular flexibility index (Phi) is 2.68. The van der Waals surface area contributed by atoms with Gasteiger partial charge in [-0.2, -0.15) is 5.10 Å². The maximum absolute atomic E-state index is 10.5. The molecule has 2 heterocycles. The van der Waals surface area contributed by atoms with Crippen molar-refractivity contribution in [3.63, 3.8) is 0 Å². The van der Waals surface area contributed by atoms with Gasteiger partial charge < -0.3 is 4.74 Å². The molecule has 4 aromatic rings. The van der Waals surface area contributed by atoms with Crippen LogP contribution in [0, 0.1) is 0 Å². The lowest BCUT2D eigenvalue weighted by Crippen LogP contribution is -1.87. The molecule has 2 aromatic heterocycles. The molecule has 0 radical (unpaired) electrons. The Morgan fingerprint density at radius 2 is 2.10 bits per heavy atom. The van der Waals surface area contributed by atoms with Gasteiger partial charge in [0.2, 0.25) is 0 Å². The molecule has 2 aromatic carbocycles. The Morgan fingerprint density at radius 3 is 2.95 bits per heavy atom. The van der Waals surface area contributed by atoms with Crippen molar-refractivity contribution in [3.8, 4) is 16.5 Å². The van der Waals surface area contributed by atoms with E-state index >= 15 is 0 Å². The van der Waals surface area contributed by atoms with Crippen molar-refractivity contribution >= 4 is 38.9 Å². The smallest absolute Gasteiger partial charge is 0.298 e. The molecule has 21 heavy (non-hydrogen) atoms. The Morgan fingerprint density at radius 1 is 1.19 bits per heavy atom. The molecule has 5 nitrogen and oxygen atoms in total. The number of carbonyl (C=O) groups excluding carboxylic acids is 1. The van der Waals surface area contributed by atoms with Crippen molar-refractivity contribution in [2.45, 2.75) is 0 Å². The number of benzene rings is 2. The summed E-state index contributed by atoms with van der Waals surface area (Å²) in [5.41, 5.74) is 2.60. The lowest BCUT2D eigenvalue weighted by atomic mass is 10.2. The van der Waals surface area contributed by atoms with Gasteiger partial charge in [0, 0.05) is 5.39 Å². The summed E-state index contributed by atoms with van der Waals surface area (Å²) in [5, 5.41) is 9.04. The predicted octanol–water partition coefficient (Wildman–Crippen LogP) is 3.37. The molecule has 0 aliphatic heterocycles. The van der Waals surface area contributed by atoms with Crippen molar-refractivity contribution in [2.75, 3.05) is 0 Å². The molecule has 0 aliphatic rings. The van der Waals surface area contributed by atoms with Crippen molar-refractivity contribution in [1.29, 1.82) is 0 Å². The van der Waals surface area contributed by atoms with Gasteiger partial charge in [-0.1, -0.05) is 12.1 Å². The summed E-state index contributed by atoms with van der Waals surface area (Å²) in [6, 6.07) is 13.3. The summed E-state index contributed by atoms with van der Waals surface area (Å²) in [4.78, 5) is 15.1. The van der Waals surface area contributed by atoms with Crippen LogP contribution in [0.4, 0.5) is 0 Å². The molecular formula is C15H9N3O2S. The molecule has 0 saturated carbocycles. The van der Waals surface area contributed by atoms with Gasteiger partial charge in [0.1, 0.15) is 16.5 Å². The first kappa shape index (κ1) is 12.0. The van der Waals surface area contributed by atoms with Crippen LogP contribution in [0.15, 0.2) is 42.5 Å². The maximum Gasteiger partial charge on any atom is 0.298 e. The minimum absolute atomic E-state index is 0.415. The second kappa shape index (κ2) is 4.68. The summed E-state index contributed by atoms with van der Waals surface area (Å²) in [7, 11) is 0. The number of aromatic amines is 1. The fourth-order valence-electron chi connectivity index (χ4n) is 2.26. The second-order valence-electron chi connectivity index (χ2n) is 4.48. The van der Waals surface area contributed by atoms with E-state index in [0.29, 0.717) is 12.2 Å². The number of hydrogen-bond donors (Lipinski definition) is 1. The van der Waals surface area contributed by atoms with Crippen LogP contribution < -0.4 is 4.74 Å². The van der Waals surface area contributed by atoms with Crippen LogP contribution in [-0.2, 0) is 4.79 Å². The van der Waals surface area contributed by atoms with Gasteiger partial charge in [0.05, 0.1) is 15.7 Å². The Balaban J connectivity index is 1.92. The Bertz CT molecular complexity index is 925. The molecular weight excluding hydrogens is 286 g/mol. The monoisotopic (exact) mass is 295 g/mol. The van der Waals surface area contributed by atoms with Crippen molar-refractivity contribution in [1.82, 2.24) is 15.2 Å². The number of para-hydroxylation sites is 1. The quantitative estimate of drug-likeness (QED) is 0.588. The zero-order chi connectivity index (χ0) is 14.2. The van der Waals surface area contributed by atoms with Gasteiger partial charge >= 0.3 is 0 Å². The summed E-state index contributed by atoms with van der Waals surface area (Å²) in [5.74, 6) is 0.487. The number of fused-ring (bicyclic) bond motifs is 2. The molecule has 0 amide bonds. The highest BCUT2D eigenvalue weighted by atomic mass is 32.1. The number of nitrogens with zero attached hydrogens (tertiary/aromatic N) is 2. The van der Waals surface area contributed by atoms with Gasteiger partial charge in [-0.05, 0) is 30.3 Å². The number of rotatable bonds is 3. The fraction of sp³-hybridized carbons (Fsp3) is 0. The van der Waals surface area contributed by atoms with E-state index in [4.69, 9.17) is 4.74 Å². The van der Waals surface area contributed by atoms with Gasteiger partial charge in [0.15, 0.2) is 0 Å². The van der Waals surface area contributed by atoms with Crippen LogP contribution in [0.25, 0.3) is 31.8 Å². The summed E-state index contributed by atoms with van der Waals surface area (Å²) in [6.07, 6.45) is 0. The summed E-state index contributed by atoms with van der Waals surface area (Å²) in [6.45, 7) is 0.415. The second-order valence-corrected chi connectivity index (χ2v) is 5.51. The van der Waals surface area contributed by atoms with Crippen LogP contribution in [-0.4, -0.2) is 21.7 Å². The Hall–Kier alpha value is -2.73. The zero-order valence-electron chi connectivity index (χ0n) is 10.7. The topological polar surface area (TPSA) is 67.9 Å². The third-order valence-electron chi connectivity index (χ3n) is 3.21. The number of carbonyl (C=O) groups is 1. The first-order chi connectivity index (χ1) is 10.3. The van der Waals surface area contributed by atoms with Gasteiger partial charge in [0.25, 0.3) is 6.47 Å². The Labute approximate surface area is 123 Å². The largest absolute Gasteiger partial charge is 0.429 e. The van der Waals surface area contributed by atoms with E-state index in [9.17, 15) is 4.79 Å². The molecule has 1 N–H and O–H groups in total. The molecule has 0 atom stereocenters. The van der Waals surface area contributed by atoms with E-state index in [1.807, 2.05) is 30.3 Å². The first-order valence-corrected chi connectivity index (χ1v) is 7.11. The van der Waals surface area contributed by atoms with E-state index < -0.39 is 0 Å². The first-order valence-electron chi connectivity index (χ1n) is 6.29. The fourth-order valence-corrected chi connectivity index (χ4v) is 3.23. The number of hydrogen-bond acceptors (Lipinski definition) is 5. The SMILES string of the molecule is O=COc1ccc2[nH]nc(-c3nc4ccccc4s3)c2c1. The maximum atomic E-state index is 10.5. The standard InChI is InChI=1S/C15H9N3O2S/c19-8-20-9-5-6-11-10(7-9)14(18-17-11)15-16-12-3-1-2-4-13(12)21-15/h1-8H,(H,17,18). The molecule has 0 unspecified atom stereocenters. The molecule has 102 valence electrons. The average molecular weight is 295 g/mol. The molecule has 6 heteroatoms. The van der Waals surface area contributed by atoms with Crippen LogP contribution in [0.5, 0.6) is 5.75 Å². The van der Waals surface area contributed by atoms with E-state index in [-0.39, 0.29) is 0 Å². The van der Waals surface area contributed by atoms with Crippen molar-refractivity contribution in [2.24, 2.45) is 0 Å². The predicted molar refractivity (Wildman–Crippen MR) is 81.4 cm³/mol. The number of aromatic nitrogens is 3. The van der Waals surface area contributed by atoms with E-state index in [1.54, 1.807) is 23.5 Å². The lowest BCUT2D eigenvalue weighted by molar-refractivity contribution is -0.120. The summed E-state index contributed by atoms with van der Waals surface area (Å²) >= 11 is 1.59. The normalized spacial score (nSPS) is 11.0. The van der Waals surface area contributed by atoms with Crippen LogP contribution in [0.1, 0.15) is 0 Å². The minimum Gasteiger partial charge on any atom is -0.429 e. The van der Waals surface area contributed by atoms with E-state index in [2.05, 4.69) is 15.2 Å². The number of nitrogens with one attached hydrogen (secondary N) is 1. The highest BCUT2D eigenvalue weighted by molar-refractivity contribution is 7.21. The van der Waals surface area contributed by atoms with E-state index in [0.717, 1.165) is 31.8 Å². The highest BCUT2D eigenvalue weighted by Gasteiger charge is 2.13.